The fourth-order valence-corrected chi connectivity index (χ4v) is 0.659. The lowest BCUT2D eigenvalue weighted by Gasteiger charge is -2.10. The Morgan fingerprint density at radius 1 is 1.25 bits per heavy atom. The minimum absolute atomic E-state index is 0.314. The van der Waals surface area contributed by atoms with Crippen molar-refractivity contribution in [2.75, 3.05) is 20.3 Å². The summed E-state index contributed by atoms with van der Waals surface area (Å²) in [6.45, 7) is 5.07. The Morgan fingerprint density at radius 2 is 1.83 bits per heavy atom. The molecule has 0 atom stereocenters. The van der Waals surface area contributed by atoms with Crippen molar-refractivity contribution in [3.8, 4) is 0 Å². The van der Waals surface area contributed by atoms with Crippen molar-refractivity contribution in [3.63, 3.8) is 0 Å². The van der Waals surface area contributed by atoms with Crippen molar-refractivity contribution in [1.82, 2.24) is 0 Å². The smallest absolute Gasteiger partial charge is 0.184 e. The molecule has 0 saturated carbocycles. The monoisotopic (exact) mass is 172 g/mol. The maximum Gasteiger partial charge on any atom is 0.184 e. The molecule has 3 heteroatoms. The molecule has 0 rings (SSSR count). The third-order valence-corrected chi connectivity index (χ3v) is 1.08. The van der Waals surface area contributed by atoms with Gasteiger partial charge in [0.25, 0.3) is 0 Å². The second-order valence-electron chi connectivity index (χ2n) is 1.97. The van der Waals surface area contributed by atoms with Gasteiger partial charge in [-0.3, -0.25) is 0 Å². The van der Waals surface area contributed by atoms with Gasteiger partial charge in [-0.05, 0) is 13.8 Å². The number of ether oxygens (including phenoxy) is 3. The van der Waals surface area contributed by atoms with Crippen molar-refractivity contribution in [2.45, 2.75) is 20.1 Å². The lowest BCUT2D eigenvalue weighted by atomic mass is 10.5. The van der Waals surface area contributed by atoms with Gasteiger partial charge >= 0.3 is 0 Å². The van der Waals surface area contributed by atoms with Crippen LogP contribution in [0, 0.1) is 0 Å². The molecule has 0 heterocycles. The lowest BCUT2D eigenvalue weighted by molar-refractivity contribution is -0.103. The first-order chi connectivity index (χ1) is 5.85. The predicted octanol–water partition coefficient (Wildman–Crippen LogP) is 1.70. The Hall–Kier alpha value is -0.760. The minimum atomic E-state index is -0.314. The summed E-state index contributed by atoms with van der Waals surface area (Å²) in [4.78, 5) is 0. The highest BCUT2D eigenvalue weighted by molar-refractivity contribution is 4.82. The number of hydrogen-bond donors (Lipinski definition) is 0. The number of methoxy groups -OCH3 is 1. The zero-order valence-electron chi connectivity index (χ0n) is 7.87. The van der Waals surface area contributed by atoms with E-state index in [0.717, 1.165) is 0 Å². The highest BCUT2D eigenvalue weighted by atomic mass is 16.7. The molecule has 0 aromatic rings. The summed E-state index contributed by atoms with van der Waals surface area (Å²) >= 11 is 0. The van der Waals surface area contributed by atoms with Crippen molar-refractivity contribution in [2.24, 2.45) is 0 Å². The molecule has 12 heavy (non-hydrogen) atoms. The summed E-state index contributed by atoms with van der Waals surface area (Å²) in [7, 11) is 1.57. The van der Waals surface area contributed by atoms with Gasteiger partial charge < -0.3 is 14.2 Å². The molecule has 0 saturated heterocycles. The molecule has 0 aliphatic rings. The van der Waals surface area contributed by atoms with Crippen molar-refractivity contribution < 1.29 is 14.2 Å². The van der Waals surface area contributed by atoms with Crippen molar-refractivity contribution in [1.29, 1.82) is 0 Å². The fraction of sp³-hybridized carbons (Fsp3) is 0.667. The van der Waals surface area contributed by atoms with Crippen LogP contribution in [0.2, 0.25) is 0 Å². The summed E-state index contributed by atoms with van der Waals surface area (Å²) in [6.07, 6.45) is 2.81. The predicted molar refractivity (Wildman–Crippen MR) is 46.7 cm³/mol. The number of hydrogen-bond acceptors (Lipinski definition) is 3. The van der Waals surface area contributed by atoms with Gasteiger partial charge in [-0.2, -0.15) is 0 Å². The van der Waals surface area contributed by atoms with E-state index in [1.807, 2.05) is 13.8 Å². The van der Waals surface area contributed by atoms with Crippen LogP contribution in [0.5, 0.6) is 0 Å². The van der Waals surface area contributed by atoms with Crippen LogP contribution in [0.1, 0.15) is 13.8 Å². The molecule has 0 bridgehead atoms. The molecular weight excluding hydrogens is 156 g/mol. The van der Waals surface area contributed by atoms with Gasteiger partial charge in [0.15, 0.2) is 6.29 Å². The van der Waals surface area contributed by atoms with Gasteiger partial charge in [-0.15, -0.1) is 0 Å². The molecular formula is C9H16O3. The van der Waals surface area contributed by atoms with E-state index < -0.39 is 0 Å². The van der Waals surface area contributed by atoms with E-state index in [9.17, 15) is 0 Å². The molecule has 3 nitrogen and oxygen atoms in total. The second-order valence-corrected chi connectivity index (χ2v) is 1.97. The third kappa shape index (κ3) is 5.98. The Balaban J connectivity index is 3.84. The molecule has 0 radical (unpaired) electrons. The molecule has 0 aromatic heterocycles. The molecule has 70 valence electrons. The minimum Gasteiger partial charge on any atom is -0.496 e. The van der Waals surface area contributed by atoms with Crippen LogP contribution in [0.25, 0.3) is 0 Å². The first kappa shape index (κ1) is 11.2. The SMILES string of the molecule is CCOC(C=C=COC)OCC. The van der Waals surface area contributed by atoms with Crippen LogP contribution in [-0.2, 0) is 14.2 Å². The maximum absolute atomic E-state index is 5.21. The molecule has 0 aliphatic heterocycles. The van der Waals surface area contributed by atoms with E-state index in [-0.39, 0.29) is 6.29 Å². The highest BCUT2D eigenvalue weighted by Gasteiger charge is 2.00. The zero-order chi connectivity index (χ0) is 9.23. The molecule has 0 fully saturated rings. The van der Waals surface area contributed by atoms with Crippen LogP contribution in [0.15, 0.2) is 18.1 Å². The molecule has 0 aromatic carbocycles. The molecule has 0 amide bonds. The van der Waals surface area contributed by atoms with Crippen LogP contribution >= 0.6 is 0 Å². The summed E-state index contributed by atoms with van der Waals surface area (Å²) in [5.41, 5.74) is 2.78. The Labute approximate surface area is 73.6 Å². The number of rotatable bonds is 6. The standard InChI is InChI=1S/C9H16O3/c1-4-11-9(12-5-2)7-6-8-10-3/h7-9H,4-5H2,1-3H3. The molecule has 0 unspecified atom stereocenters. The van der Waals surface area contributed by atoms with E-state index in [1.165, 1.54) is 6.26 Å². The summed E-state index contributed by atoms with van der Waals surface area (Å²) in [5.74, 6) is 0. The first-order valence-electron chi connectivity index (χ1n) is 4.02. The van der Waals surface area contributed by atoms with E-state index >= 15 is 0 Å². The van der Waals surface area contributed by atoms with E-state index in [1.54, 1.807) is 13.2 Å². The zero-order valence-corrected chi connectivity index (χ0v) is 7.87. The van der Waals surface area contributed by atoms with E-state index in [2.05, 4.69) is 10.5 Å². The third-order valence-electron chi connectivity index (χ3n) is 1.08. The largest absolute Gasteiger partial charge is 0.496 e. The van der Waals surface area contributed by atoms with Gasteiger partial charge in [-0.25, -0.2) is 0 Å². The quantitative estimate of drug-likeness (QED) is 0.347. The van der Waals surface area contributed by atoms with Gasteiger partial charge in [0.1, 0.15) is 6.26 Å². The maximum atomic E-state index is 5.21. The molecule has 0 N–H and O–H groups in total. The van der Waals surface area contributed by atoms with Gasteiger partial charge in [0, 0.05) is 19.3 Å². The fourth-order valence-electron chi connectivity index (χ4n) is 0.659. The van der Waals surface area contributed by atoms with Crippen LogP contribution in [-0.4, -0.2) is 26.6 Å². The topological polar surface area (TPSA) is 27.7 Å². The summed E-state index contributed by atoms with van der Waals surface area (Å²) in [5, 5.41) is 0. The highest BCUT2D eigenvalue weighted by Crippen LogP contribution is 1.95. The normalized spacial score (nSPS) is 9.33. The molecule has 0 spiro atoms. The van der Waals surface area contributed by atoms with Gasteiger partial charge in [-0.1, -0.05) is 5.73 Å². The summed E-state index contributed by atoms with van der Waals surface area (Å²) < 4.78 is 15.1. The Kier molecular flexibility index (Phi) is 7.81. The molecule has 0 aliphatic carbocycles. The van der Waals surface area contributed by atoms with Gasteiger partial charge in [0.2, 0.25) is 0 Å². The van der Waals surface area contributed by atoms with Crippen LogP contribution in [0.4, 0.5) is 0 Å². The second kappa shape index (κ2) is 8.34. The van der Waals surface area contributed by atoms with E-state index in [4.69, 9.17) is 9.47 Å². The average Bonchev–Trinajstić information content (AvgIpc) is 2.06. The van der Waals surface area contributed by atoms with Gasteiger partial charge in [0.05, 0.1) is 7.11 Å². The summed E-state index contributed by atoms with van der Waals surface area (Å²) in [6, 6.07) is 0. The Morgan fingerprint density at radius 3 is 2.25 bits per heavy atom. The van der Waals surface area contributed by atoms with Crippen molar-refractivity contribution >= 4 is 0 Å². The first-order valence-corrected chi connectivity index (χ1v) is 4.02. The lowest BCUT2D eigenvalue weighted by Crippen LogP contribution is -2.13. The van der Waals surface area contributed by atoms with Crippen molar-refractivity contribution in [3.05, 3.63) is 18.1 Å². The van der Waals surface area contributed by atoms with Crippen LogP contribution < -0.4 is 0 Å². The van der Waals surface area contributed by atoms with E-state index in [0.29, 0.717) is 13.2 Å². The Bertz CT molecular complexity index is 142. The van der Waals surface area contributed by atoms with Crippen LogP contribution in [0.3, 0.4) is 0 Å². The average molecular weight is 172 g/mol.